The van der Waals surface area contributed by atoms with Crippen LogP contribution in [0.2, 0.25) is 0 Å². The van der Waals surface area contributed by atoms with E-state index in [0.29, 0.717) is 11.8 Å². The summed E-state index contributed by atoms with van der Waals surface area (Å²) < 4.78 is 0. The summed E-state index contributed by atoms with van der Waals surface area (Å²) in [5.41, 5.74) is 4.14. The third-order valence-electron chi connectivity index (χ3n) is 3.31. The van der Waals surface area contributed by atoms with Gasteiger partial charge in [0, 0.05) is 12.3 Å². The zero-order chi connectivity index (χ0) is 12.1. The van der Waals surface area contributed by atoms with Gasteiger partial charge in [0.05, 0.1) is 0 Å². The number of benzene rings is 1. The van der Waals surface area contributed by atoms with E-state index in [1.807, 2.05) is 0 Å². The molecule has 0 spiro atoms. The van der Waals surface area contributed by atoms with Crippen LogP contribution in [-0.2, 0) is 0 Å². The Bertz CT molecular complexity index is 404. The van der Waals surface area contributed by atoms with E-state index in [9.17, 15) is 0 Å². The second-order valence-corrected chi connectivity index (χ2v) is 4.60. The third kappa shape index (κ3) is 3.14. The summed E-state index contributed by atoms with van der Waals surface area (Å²) in [6.45, 7) is 10.9. The number of hydrogen-bond acceptors (Lipinski definition) is 0. The normalized spacial score (nSPS) is 13.8. The molecule has 0 nitrogen and oxygen atoms in total. The quantitative estimate of drug-likeness (QED) is 0.638. The molecule has 0 saturated heterocycles. The first-order valence-corrected chi connectivity index (χ1v) is 6.11. The second kappa shape index (κ2) is 5.75. The highest BCUT2D eigenvalue weighted by molar-refractivity contribution is 5.32. The van der Waals surface area contributed by atoms with Crippen LogP contribution >= 0.6 is 0 Å². The average molecular weight is 214 g/mol. The van der Waals surface area contributed by atoms with Crippen LogP contribution in [0.5, 0.6) is 0 Å². The molecule has 0 heterocycles. The van der Waals surface area contributed by atoms with Gasteiger partial charge in [0.2, 0.25) is 0 Å². The van der Waals surface area contributed by atoms with E-state index in [2.05, 4.69) is 64.7 Å². The van der Waals surface area contributed by atoms with Crippen molar-refractivity contribution in [2.75, 3.05) is 0 Å². The van der Waals surface area contributed by atoms with Gasteiger partial charge in [-0.3, -0.25) is 0 Å². The minimum absolute atomic E-state index is 0.432. The maximum Gasteiger partial charge on any atom is 0.0240 e. The van der Waals surface area contributed by atoms with E-state index >= 15 is 0 Å². The highest BCUT2D eigenvalue weighted by Crippen LogP contribution is 2.25. The SMILES string of the molecule is CCC#CC(C)C(C)c1ccc(C)c(C)c1. The van der Waals surface area contributed by atoms with Crippen molar-refractivity contribution in [3.05, 3.63) is 34.9 Å². The molecule has 0 N–H and O–H groups in total. The van der Waals surface area contributed by atoms with Crippen LogP contribution in [0.15, 0.2) is 18.2 Å². The largest absolute Gasteiger partial charge is 0.103 e. The molecule has 0 fully saturated rings. The highest BCUT2D eigenvalue weighted by atomic mass is 14.2. The van der Waals surface area contributed by atoms with Crippen LogP contribution in [0.1, 0.15) is 49.8 Å². The number of hydrogen-bond donors (Lipinski definition) is 0. The van der Waals surface area contributed by atoms with Gasteiger partial charge in [-0.15, -0.1) is 5.92 Å². The molecule has 2 unspecified atom stereocenters. The molecule has 0 heteroatoms. The van der Waals surface area contributed by atoms with Gasteiger partial charge in [-0.05, 0) is 36.5 Å². The van der Waals surface area contributed by atoms with Crippen molar-refractivity contribution in [2.45, 2.75) is 47.0 Å². The Morgan fingerprint density at radius 3 is 2.38 bits per heavy atom. The summed E-state index contributed by atoms with van der Waals surface area (Å²) in [4.78, 5) is 0. The molecule has 0 aromatic heterocycles. The molecule has 86 valence electrons. The van der Waals surface area contributed by atoms with Gasteiger partial charge in [0.15, 0.2) is 0 Å². The minimum atomic E-state index is 0.432. The van der Waals surface area contributed by atoms with Gasteiger partial charge in [0.1, 0.15) is 0 Å². The Kier molecular flexibility index (Phi) is 4.62. The van der Waals surface area contributed by atoms with E-state index in [0.717, 1.165) is 6.42 Å². The Hall–Kier alpha value is -1.22. The molecule has 1 aromatic carbocycles. The predicted octanol–water partition coefficient (Wildman–Crippen LogP) is 4.46. The standard InChI is InChI=1S/C16H22/c1-6-7-8-13(3)15(5)16-10-9-12(2)14(4)11-16/h9-11,13,15H,6H2,1-5H3. The molecule has 0 aliphatic rings. The average Bonchev–Trinajstić information content (AvgIpc) is 2.28. The smallest absolute Gasteiger partial charge is 0.0240 e. The van der Waals surface area contributed by atoms with Crippen molar-refractivity contribution in [1.82, 2.24) is 0 Å². The van der Waals surface area contributed by atoms with Crippen molar-refractivity contribution in [1.29, 1.82) is 0 Å². The summed E-state index contributed by atoms with van der Waals surface area (Å²) in [7, 11) is 0. The second-order valence-electron chi connectivity index (χ2n) is 4.60. The fourth-order valence-corrected chi connectivity index (χ4v) is 1.72. The summed E-state index contributed by atoms with van der Waals surface area (Å²) in [5, 5.41) is 0. The van der Waals surface area contributed by atoms with Crippen LogP contribution in [0.25, 0.3) is 0 Å². The maximum atomic E-state index is 3.31. The van der Waals surface area contributed by atoms with Crippen molar-refractivity contribution in [3.8, 4) is 11.8 Å². The number of aryl methyl sites for hydroxylation is 2. The topological polar surface area (TPSA) is 0 Å². The molecule has 0 aliphatic carbocycles. The van der Waals surface area contributed by atoms with Crippen LogP contribution in [0.3, 0.4) is 0 Å². The number of rotatable bonds is 2. The molecule has 0 saturated carbocycles. The molecular formula is C16H22. The molecule has 0 radical (unpaired) electrons. The van der Waals surface area contributed by atoms with E-state index in [-0.39, 0.29) is 0 Å². The fourth-order valence-electron chi connectivity index (χ4n) is 1.72. The Morgan fingerprint density at radius 1 is 1.12 bits per heavy atom. The molecule has 0 amide bonds. The zero-order valence-electron chi connectivity index (χ0n) is 11.1. The first-order valence-electron chi connectivity index (χ1n) is 6.11. The van der Waals surface area contributed by atoms with Gasteiger partial charge in [-0.1, -0.05) is 44.9 Å². The lowest BCUT2D eigenvalue weighted by Gasteiger charge is -2.16. The van der Waals surface area contributed by atoms with Crippen LogP contribution < -0.4 is 0 Å². The Labute approximate surface area is 100 Å². The van der Waals surface area contributed by atoms with Gasteiger partial charge in [-0.2, -0.15) is 0 Å². The van der Waals surface area contributed by atoms with E-state index in [1.54, 1.807) is 0 Å². The van der Waals surface area contributed by atoms with Crippen molar-refractivity contribution >= 4 is 0 Å². The van der Waals surface area contributed by atoms with Crippen LogP contribution in [0.4, 0.5) is 0 Å². The first-order chi connectivity index (χ1) is 7.56. The maximum absolute atomic E-state index is 3.31. The van der Waals surface area contributed by atoms with Crippen molar-refractivity contribution in [3.63, 3.8) is 0 Å². The molecule has 16 heavy (non-hydrogen) atoms. The summed E-state index contributed by atoms with van der Waals surface area (Å²) >= 11 is 0. The third-order valence-corrected chi connectivity index (χ3v) is 3.31. The van der Waals surface area contributed by atoms with E-state index in [4.69, 9.17) is 0 Å². The highest BCUT2D eigenvalue weighted by Gasteiger charge is 2.12. The Balaban J connectivity index is 2.87. The van der Waals surface area contributed by atoms with Gasteiger partial charge >= 0.3 is 0 Å². The first kappa shape index (κ1) is 12.8. The summed E-state index contributed by atoms with van der Waals surface area (Å²) in [6, 6.07) is 6.74. The van der Waals surface area contributed by atoms with Crippen LogP contribution in [0, 0.1) is 31.6 Å². The Morgan fingerprint density at radius 2 is 1.81 bits per heavy atom. The molecular weight excluding hydrogens is 192 g/mol. The summed E-state index contributed by atoms with van der Waals surface area (Å²) in [5.74, 6) is 7.43. The fraction of sp³-hybridized carbons (Fsp3) is 0.500. The van der Waals surface area contributed by atoms with Gasteiger partial charge in [-0.25, -0.2) is 0 Å². The molecule has 2 atom stereocenters. The monoisotopic (exact) mass is 214 g/mol. The van der Waals surface area contributed by atoms with Crippen molar-refractivity contribution in [2.24, 2.45) is 5.92 Å². The lowest BCUT2D eigenvalue weighted by molar-refractivity contribution is 0.609. The zero-order valence-corrected chi connectivity index (χ0v) is 11.1. The lowest BCUT2D eigenvalue weighted by Crippen LogP contribution is -2.04. The van der Waals surface area contributed by atoms with Gasteiger partial charge < -0.3 is 0 Å². The molecule has 0 bridgehead atoms. The van der Waals surface area contributed by atoms with Crippen molar-refractivity contribution < 1.29 is 0 Å². The molecule has 1 rings (SSSR count). The predicted molar refractivity (Wildman–Crippen MR) is 71.6 cm³/mol. The summed E-state index contributed by atoms with van der Waals surface area (Å²) in [6.07, 6.45) is 0.948. The van der Waals surface area contributed by atoms with E-state index in [1.165, 1.54) is 16.7 Å². The molecule has 0 aliphatic heterocycles. The lowest BCUT2D eigenvalue weighted by atomic mass is 9.88. The molecule has 1 aromatic rings. The minimum Gasteiger partial charge on any atom is -0.103 e. The van der Waals surface area contributed by atoms with Gasteiger partial charge in [0.25, 0.3) is 0 Å². The van der Waals surface area contributed by atoms with Crippen LogP contribution in [-0.4, -0.2) is 0 Å². The van der Waals surface area contributed by atoms with E-state index < -0.39 is 0 Å².